The minimum atomic E-state index is -2.24. The molecule has 0 spiro atoms. The van der Waals surface area contributed by atoms with Gasteiger partial charge < -0.3 is 4.42 Å². The molecule has 5 aromatic rings. The van der Waals surface area contributed by atoms with Gasteiger partial charge in [0.2, 0.25) is 5.69 Å². The second kappa shape index (κ2) is 5.40. The molecular weight excluding hydrogens is 320 g/mol. The van der Waals surface area contributed by atoms with Crippen molar-refractivity contribution in [1.29, 1.82) is 0 Å². The van der Waals surface area contributed by atoms with Crippen molar-refractivity contribution in [3.63, 3.8) is 0 Å². The normalized spacial score (nSPS) is 13.8. The van der Waals surface area contributed by atoms with Gasteiger partial charge in [-0.15, -0.1) is 0 Å². The number of rotatable bonds is 1. The predicted octanol–water partition coefficient (Wildman–Crippen LogP) is 5.24. The van der Waals surface area contributed by atoms with Crippen LogP contribution in [0.4, 0.5) is 0 Å². The third-order valence-electron chi connectivity index (χ3n) is 5.00. The van der Waals surface area contributed by atoms with E-state index in [1.165, 1.54) is 0 Å². The molecule has 0 aliphatic carbocycles. The summed E-state index contributed by atoms with van der Waals surface area (Å²) in [5, 5.41) is 8.59. The van der Waals surface area contributed by atoms with E-state index in [1.54, 1.807) is 17.8 Å². The van der Waals surface area contributed by atoms with Crippen LogP contribution in [0.15, 0.2) is 65.1 Å². The van der Waals surface area contributed by atoms with Crippen molar-refractivity contribution in [3.05, 3.63) is 71.9 Å². The van der Waals surface area contributed by atoms with Gasteiger partial charge in [-0.05, 0) is 42.0 Å². The van der Waals surface area contributed by atoms with Gasteiger partial charge in [-0.1, -0.05) is 47.1 Å². The van der Waals surface area contributed by atoms with Crippen LogP contribution >= 0.6 is 0 Å². The van der Waals surface area contributed by atoms with E-state index in [9.17, 15) is 0 Å². The molecule has 2 aromatic heterocycles. The maximum absolute atomic E-state index is 7.61. The van der Waals surface area contributed by atoms with E-state index in [-0.39, 0.29) is 5.69 Å². The molecule has 0 aliphatic rings. The first-order valence-electron chi connectivity index (χ1n) is 10.1. The highest BCUT2D eigenvalue weighted by Crippen LogP contribution is 2.39. The van der Waals surface area contributed by atoms with Crippen molar-refractivity contribution in [2.75, 3.05) is 0 Å². The minimum Gasteiger partial charge on any atom is -0.454 e. The van der Waals surface area contributed by atoms with Crippen LogP contribution in [0.25, 0.3) is 44.0 Å². The summed E-state index contributed by atoms with van der Waals surface area (Å²) in [4.78, 5) is 0. The van der Waals surface area contributed by atoms with Crippen molar-refractivity contribution in [3.8, 4) is 11.3 Å². The molecule has 26 heavy (non-hydrogen) atoms. The topological polar surface area (TPSA) is 29.9 Å². The van der Waals surface area contributed by atoms with Crippen LogP contribution in [0, 0.1) is 13.8 Å². The molecule has 0 fully saturated rings. The van der Waals surface area contributed by atoms with E-state index in [0.717, 1.165) is 49.5 Å². The molecule has 0 saturated carbocycles. The van der Waals surface area contributed by atoms with Crippen molar-refractivity contribution < 1.29 is 13.2 Å². The zero-order chi connectivity index (χ0) is 20.3. The highest BCUT2D eigenvalue weighted by Gasteiger charge is 2.22. The summed E-state index contributed by atoms with van der Waals surface area (Å²) < 4.78 is 30.9. The Morgan fingerprint density at radius 2 is 1.69 bits per heavy atom. The van der Waals surface area contributed by atoms with Gasteiger partial charge in [0.1, 0.15) is 16.9 Å². The lowest BCUT2D eigenvalue weighted by Gasteiger charge is -2.04. The van der Waals surface area contributed by atoms with E-state index in [2.05, 4.69) is 41.5 Å². The number of furan rings is 1. The third-order valence-corrected chi connectivity index (χ3v) is 5.00. The Labute approximate surface area is 155 Å². The Morgan fingerprint density at radius 3 is 2.54 bits per heavy atom. The molecule has 3 nitrogen and oxygen atoms in total. The number of nitrogens with zero attached hydrogens (tertiary/aromatic N) is 2. The lowest BCUT2D eigenvalue weighted by atomic mass is 10.00. The Morgan fingerprint density at radius 1 is 0.885 bits per heavy atom. The highest BCUT2D eigenvalue weighted by molar-refractivity contribution is 6.17. The molecule has 0 N–H and O–H groups in total. The molecule has 3 heteroatoms. The Kier molecular flexibility index (Phi) is 2.53. The summed E-state index contributed by atoms with van der Waals surface area (Å²) in [6.07, 6.45) is 0. The van der Waals surface area contributed by atoms with E-state index >= 15 is 0 Å². The Bertz CT molecular complexity index is 1420. The van der Waals surface area contributed by atoms with Gasteiger partial charge in [0.25, 0.3) is 0 Å². The SMILES string of the molecule is [2H]C([2H])([2H])c1ccc(-c2c(C)ccc3c2oc2c4ccccc4ccc32)[n+](C)n1. The van der Waals surface area contributed by atoms with Crippen LogP contribution in [-0.4, -0.2) is 5.10 Å². The molecule has 2 heterocycles. The van der Waals surface area contributed by atoms with E-state index in [1.807, 2.05) is 25.1 Å². The molecule has 5 rings (SSSR count). The van der Waals surface area contributed by atoms with E-state index in [0.29, 0.717) is 0 Å². The van der Waals surface area contributed by atoms with Gasteiger partial charge in [0.15, 0.2) is 7.05 Å². The van der Waals surface area contributed by atoms with Crippen LogP contribution in [0.3, 0.4) is 0 Å². The number of aryl methyl sites for hydroxylation is 3. The average molecular weight is 342 g/mol. The van der Waals surface area contributed by atoms with E-state index < -0.39 is 6.85 Å². The second-order valence-electron chi connectivity index (χ2n) is 6.63. The average Bonchev–Trinajstić information content (AvgIpc) is 3.07. The quantitative estimate of drug-likeness (QED) is 0.390. The number of hydrogen-bond acceptors (Lipinski definition) is 2. The number of hydrogen-bond donors (Lipinski definition) is 0. The summed E-state index contributed by atoms with van der Waals surface area (Å²) >= 11 is 0. The molecule has 0 aliphatic heterocycles. The molecule has 0 saturated heterocycles. The van der Waals surface area contributed by atoms with Gasteiger partial charge in [0.05, 0.1) is 5.56 Å². The van der Waals surface area contributed by atoms with Gasteiger partial charge in [-0.2, -0.15) is 0 Å². The molecular formula is C23H19N2O+. The summed E-state index contributed by atoms with van der Waals surface area (Å²) in [6.45, 7) is -0.215. The first-order chi connectivity index (χ1) is 13.8. The summed E-state index contributed by atoms with van der Waals surface area (Å²) in [5.74, 6) is 0. The standard InChI is InChI=1S/C23H19N2O/c1-14-8-11-19-18-12-10-16-6-4-5-7-17(16)22(18)26-23(19)21(14)20-13-9-15(2)24-25(20)3/h4-13H,1-3H3/q+1/i2D3. The first kappa shape index (κ1) is 12.2. The summed E-state index contributed by atoms with van der Waals surface area (Å²) in [6, 6.07) is 19.9. The van der Waals surface area contributed by atoms with Crippen LogP contribution < -0.4 is 4.68 Å². The molecule has 0 unspecified atom stereocenters. The molecule has 0 amide bonds. The van der Waals surface area contributed by atoms with Gasteiger partial charge in [-0.3, -0.25) is 0 Å². The molecule has 3 aromatic carbocycles. The van der Waals surface area contributed by atoms with Crippen molar-refractivity contribution in [2.24, 2.45) is 7.05 Å². The molecule has 126 valence electrons. The predicted molar refractivity (Wildman–Crippen MR) is 105 cm³/mol. The first-order valence-corrected chi connectivity index (χ1v) is 8.56. The molecule has 0 atom stereocenters. The number of fused-ring (bicyclic) bond motifs is 5. The van der Waals surface area contributed by atoms with Gasteiger partial charge in [0, 0.05) is 26.3 Å². The fourth-order valence-electron chi connectivity index (χ4n) is 3.74. The lowest BCUT2D eigenvalue weighted by molar-refractivity contribution is -0.720. The molecule has 0 bridgehead atoms. The Balaban J connectivity index is 1.85. The largest absolute Gasteiger partial charge is 0.454 e. The van der Waals surface area contributed by atoms with Crippen LogP contribution in [0.5, 0.6) is 0 Å². The zero-order valence-corrected chi connectivity index (χ0v) is 14.6. The monoisotopic (exact) mass is 342 g/mol. The van der Waals surface area contributed by atoms with Crippen molar-refractivity contribution in [2.45, 2.75) is 13.8 Å². The van der Waals surface area contributed by atoms with Crippen molar-refractivity contribution >= 4 is 32.7 Å². The Hall–Kier alpha value is -3.20. The fraction of sp³-hybridized carbons (Fsp3) is 0.130. The van der Waals surface area contributed by atoms with Crippen LogP contribution in [0.1, 0.15) is 15.4 Å². The lowest BCUT2D eigenvalue weighted by Crippen LogP contribution is -2.36. The van der Waals surface area contributed by atoms with Crippen LogP contribution in [0.2, 0.25) is 0 Å². The maximum atomic E-state index is 7.61. The van der Waals surface area contributed by atoms with Crippen LogP contribution in [-0.2, 0) is 7.05 Å². The van der Waals surface area contributed by atoms with Crippen molar-refractivity contribution in [1.82, 2.24) is 5.10 Å². The number of benzene rings is 3. The second-order valence-corrected chi connectivity index (χ2v) is 6.63. The summed E-state index contributed by atoms with van der Waals surface area (Å²) in [5.41, 5.74) is 4.50. The number of aromatic nitrogens is 2. The van der Waals surface area contributed by atoms with Gasteiger partial charge in [-0.25, -0.2) is 0 Å². The third kappa shape index (κ3) is 2.07. The summed E-state index contributed by atoms with van der Waals surface area (Å²) in [7, 11) is 1.76. The zero-order valence-electron chi connectivity index (χ0n) is 17.6. The molecule has 0 radical (unpaired) electrons. The smallest absolute Gasteiger partial charge is 0.242 e. The maximum Gasteiger partial charge on any atom is 0.242 e. The fourth-order valence-corrected chi connectivity index (χ4v) is 3.74. The van der Waals surface area contributed by atoms with Gasteiger partial charge >= 0.3 is 0 Å². The highest BCUT2D eigenvalue weighted by atomic mass is 16.3. The van der Waals surface area contributed by atoms with E-state index in [4.69, 9.17) is 8.53 Å². The minimum absolute atomic E-state index is 0.0733.